The number of ether oxygens (including phenoxy) is 1. The maximum absolute atomic E-state index is 12.0. The Morgan fingerprint density at radius 1 is 1.29 bits per heavy atom. The predicted molar refractivity (Wildman–Crippen MR) is 69.6 cm³/mol. The van der Waals surface area contributed by atoms with Crippen LogP contribution in [0, 0.1) is 5.41 Å². The maximum Gasteiger partial charge on any atom is 0.422 e. The van der Waals surface area contributed by atoms with Gasteiger partial charge in [0, 0.05) is 13.1 Å². The van der Waals surface area contributed by atoms with Gasteiger partial charge in [-0.05, 0) is 18.3 Å². The molecule has 0 aromatic rings. The molecule has 0 aromatic heterocycles. The normalized spacial score (nSPS) is 19.5. The number of carbonyl (C=O) groups is 2. The Morgan fingerprint density at radius 2 is 1.90 bits per heavy atom. The summed E-state index contributed by atoms with van der Waals surface area (Å²) in [6.45, 7) is 4.84. The van der Waals surface area contributed by atoms with Crippen LogP contribution in [0.15, 0.2) is 0 Å². The van der Waals surface area contributed by atoms with Crippen LogP contribution in [0.2, 0.25) is 0 Å². The van der Waals surface area contributed by atoms with Crippen LogP contribution in [0.4, 0.5) is 18.0 Å². The molecule has 0 aromatic carbocycles. The highest BCUT2D eigenvalue weighted by atomic mass is 19.4. The topological polar surface area (TPSA) is 58.6 Å². The average Bonchev–Trinajstić information content (AvgIpc) is 2.80. The Labute approximate surface area is 121 Å². The van der Waals surface area contributed by atoms with Crippen molar-refractivity contribution in [3.05, 3.63) is 0 Å². The first-order valence-corrected chi connectivity index (χ1v) is 6.77. The molecule has 1 heterocycles. The molecule has 1 atom stereocenters. The van der Waals surface area contributed by atoms with Crippen LogP contribution in [0.25, 0.3) is 0 Å². The molecule has 0 spiro atoms. The molecule has 0 unspecified atom stereocenters. The summed E-state index contributed by atoms with van der Waals surface area (Å²) >= 11 is 0. The third-order valence-corrected chi connectivity index (χ3v) is 2.94. The molecule has 0 radical (unpaired) electrons. The molecular weight excluding hydrogens is 289 g/mol. The van der Waals surface area contributed by atoms with Crippen molar-refractivity contribution in [1.82, 2.24) is 10.2 Å². The molecule has 0 bridgehead atoms. The van der Waals surface area contributed by atoms with Gasteiger partial charge in [0.1, 0.15) is 6.04 Å². The first kappa shape index (κ1) is 17.6. The predicted octanol–water partition coefficient (Wildman–Crippen LogP) is 2.31. The molecule has 122 valence electrons. The first-order valence-electron chi connectivity index (χ1n) is 6.77. The van der Waals surface area contributed by atoms with Crippen molar-refractivity contribution in [2.75, 3.05) is 19.7 Å². The van der Waals surface area contributed by atoms with E-state index < -0.39 is 24.9 Å². The summed E-state index contributed by atoms with van der Waals surface area (Å²) in [5, 5.41) is 2.71. The Morgan fingerprint density at radius 3 is 2.43 bits per heavy atom. The summed E-state index contributed by atoms with van der Waals surface area (Å²) in [5.74, 6) is -0.355. The van der Waals surface area contributed by atoms with Gasteiger partial charge in [-0.25, -0.2) is 4.79 Å². The quantitative estimate of drug-likeness (QED) is 0.870. The standard InChI is InChI=1S/C13H21F3N2O3/c1-12(2,3)7-17-10(19)9-5-4-6-18(9)11(20)21-8-13(14,15)16/h9H,4-8H2,1-3H3,(H,17,19)/t9-/m0/s1. The Kier molecular flexibility index (Phi) is 5.47. The number of nitrogens with zero attached hydrogens (tertiary/aromatic N) is 1. The van der Waals surface area contributed by atoms with Crippen LogP contribution < -0.4 is 5.32 Å². The largest absolute Gasteiger partial charge is 0.440 e. The maximum atomic E-state index is 12.0. The molecule has 1 aliphatic heterocycles. The summed E-state index contributed by atoms with van der Waals surface area (Å²) < 4.78 is 40.3. The number of alkyl halides is 3. The van der Waals surface area contributed by atoms with E-state index in [0.29, 0.717) is 19.4 Å². The zero-order chi connectivity index (χ0) is 16.3. The molecule has 0 aliphatic carbocycles. The van der Waals surface area contributed by atoms with Gasteiger partial charge in [0.15, 0.2) is 6.61 Å². The van der Waals surface area contributed by atoms with E-state index in [9.17, 15) is 22.8 Å². The molecule has 0 saturated carbocycles. The van der Waals surface area contributed by atoms with Crippen molar-refractivity contribution in [3.8, 4) is 0 Å². The second kappa shape index (κ2) is 6.53. The lowest BCUT2D eigenvalue weighted by molar-refractivity contribution is -0.162. The number of likely N-dealkylation sites (tertiary alicyclic amines) is 1. The van der Waals surface area contributed by atoms with Crippen molar-refractivity contribution < 1.29 is 27.5 Å². The third-order valence-electron chi connectivity index (χ3n) is 2.94. The average molecular weight is 310 g/mol. The summed E-state index contributed by atoms with van der Waals surface area (Å²) in [6, 6.07) is -0.756. The van der Waals surface area contributed by atoms with Gasteiger partial charge in [-0.3, -0.25) is 9.69 Å². The minimum absolute atomic E-state index is 0.115. The molecule has 21 heavy (non-hydrogen) atoms. The van der Waals surface area contributed by atoms with Gasteiger partial charge in [-0.2, -0.15) is 13.2 Å². The van der Waals surface area contributed by atoms with Gasteiger partial charge in [-0.15, -0.1) is 0 Å². The van der Waals surface area contributed by atoms with Crippen LogP contribution in [0.5, 0.6) is 0 Å². The highest BCUT2D eigenvalue weighted by Crippen LogP contribution is 2.21. The number of carbonyl (C=O) groups excluding carboxylic acids is 2. The fourth-order valence-electron chi connectivity index (χ4n) is 1.95. The molecule has 5 nitrogen and oxygen atoms in total. The number of nitrogens with one attached hydrogen (secondary N) is 1. The van der Waals surface area contributed by atoms with E-state index in [1.807, 2.05) is 20.8 Å². The van der Waals surface area contributed by atoms with Gasteiger partial charge >= 0.3 is 12.3 Å². The Bertz CT molecular complexity index is 355. The second-order valence-electron chi connectivity index (χ2n) is 6.30. The summed E-state index contributed by atoms with van der Waals surface area (Å²) in [5.41, 5.74) is -0.115. The van der Waals surface area contributed by atoms with Crippen LogP contribution in [-0.2, 0) is 9.53 Å². The highest BCUT2D eigenvalue weighted by Gasteiger charge is 2.37. The zero-order valence-electron chi connectivity index (χ0n) is 12.4. The number of halogens is 3. The van der Waals surface area contributed by atoms with E-state index in [1.165, 1.54) is 0 Å². The molecule has 1 fully saturated rings. The summed E-state index contributed by atoms with van der Waals surface area (Å²) in [6.07, 6.45) is -4.67. The molecule has 1 N–H and O–H groups in total. The van der Waals surface area contributed by atoms with Gasteiger partial charge in [0.25, 0.3) is 0 Å². The van der Waals surface area contributed by atoms with E-state index in [0.717, 1.165) is 4.90 Å². The number of rotatable bonds is 3. The lowest BCUT2D eigenvalue weighted by atomic mass is 9.97. The summed E-state index contributed by atoms with van der Waals surface area (Å²) in [7, 11) is 0. The Balaban J connectivity index is 2.54. The molecule has 8 heteroatoms. The molecular formula is C13H21F3N2O3. The minimum atomic E-state index is -4.57. The third kappa shape index (κ3) is 6.22. The fraction of sp³-hybridized carbons (Fsp3) is 0.846. The van der Waals surface area contributed by atoms with E-state index in [4.69, 9.17) is 0 Å². The number of hydrogen-bond acceptors (Lipinski definition) is 3. The first-order chi connectivity index (χ1) is 9.49. The lowest BCUT2D eigenvalue weighted by Crippen LogP contribution is -2.48. The van der Waals surface area contributed by atoms with Crippen LogP contribution >= 0.6 is 0 Å². The Hall–Kier alpha value is -1.47. The van der Waals surface area contributed by atoms with Gasteiger partial charge in [0.05, 0.1) is 0 Å². The van der Waals surface area contributed by atoms with Gasteiger partial charge < -0.3 is 10.1 Å². The van der Waals surface area contributed by atoms with Crippen molar-refractivity contribution >= 4 is 12.0 Å². The van der Waals surface area contributed by atoms with Gasteiger partial charge in [-0.1, -0.05) is 20.8 Å². The molecule has 1 saturated heterocycles. The van der Waals surface area contributed by atoms with Crippen LogP contribution in [0.1, 0.15) is 33.6 Å². The van der Waals surface area contributed by atoms with Crippen LogP contribution in [-0.4, -0.2) is 48.8 Å². The van der Waals surface area contributed by atoms with Crippen molar-refractivity contribution in [1.29, 1.82) is 0 Å². The van der Waals surface area contributed by atoms with Crippen LogP contribution in [0.3, 0.4) is 0 Å². The number of hydrogen-bond donors (Lipinski definition) is 1. The molecule has 1 rings (SSSR count). The van der Waals surface area contributed by atoms with Gasteiger partial charge in [0.2, 0.25) is 5.91 Å². The summed E-state index contributed by atoms with van der Waals surface area (Å²) in [4.78, 5) is 24.7. The van der Waals surface area contributed by atoms with E-state index in [1.54, 1.807) is 0 Å². The second-order valence-corrected chi connectivity index (χ2v) is 6.30. The van der Waals surface area contributed by atoms with Crippen molar-refractivity contribution in [2.24, 2.45) is 5.41 Å². The smallest absolute Gasteiger partial charge is 0.422 e. The molecule has 1 aliphatic rings. The van der Waals surface area contributed by atoms with Crippen molar-refractivity contribution in [2.45, 2.75) is 45.8 Å². The fourth-order valence-corrected chi connectivity index (χ4v) is 1.95. The van der Waals surface area contributed by atoms with E-state index in [-0.39, 0.29) is 17.9 Å². The van der Waals surface area contributed by atoms with E-state index in [2.05, 4.69) is 10.1 Å². The SMILES string of the molecule is CC(C)(C)CNC(=O)[C@@H]1CCCN1C(=O)OCC(F)(F)F. The molecule has 2 amide bonds. The minimum Gasteiger partial charge on any atom is -0.440 e. The monoisotopic (exact) mass is 310 g/mol. The van der Waals surface area contributed by atoms with Crippen molar-refractivity contribution in [3.63, 3.8) is 0 Å². The van der Waals surface area contributed by atoms with E-state index >= 15 is 0 Å². The number of amides is 2. The highest BCUT2D eigenvalue weighted by molar-refractivity contribution is 5.86. The lowest BCUT2D eigenvalue weighted by Gasteiger charge is -2.25. The zero-order valence-corrected chi connectivity index (χ0v) is 12.4.